The molecule has 0 saturated carbocycles. The highest BCUT2D eigenvalue weighted by atomic mass is 14.2. The average molecular weight is 169 g/mol. The largest absolute Gasteiger partial charge is 0.0628 e. The minimum Gasteiger partial charge on any atom is -0.0628 e. The molecule has 0 aliphatic rings. The summed E-state index contributed by atoms with van der Waals surface area (Å²) < 4.78 is 0. The Morgan fingerprint density at radius 1 is 1.08 bits per heavy atom. The molecule has 1 atom stereocenters. The lowest BCUT2D eigenvalue weighted by Gasteiger charge is -2.23. The summed E-state index contributed by atoms with van der Waals surface area (Å²) >= 11 is 0. The highest BCUT2D eigenvalue weighted by molar-refractivity contribution is 4.73. The molecule has 1 radical (unpaired) electrons. The average Bonchev–Trinajstić information content (AvgIpc) is 1.79. The molecule has 0 amide bonds. The molecule has 0 saturated heterocycles. The Kier molecular flexibility index (Phi) is 4.89. The molecule has 0 heteroatoms. The van der Waals surface area contributed by atoms with Crippen molar-refractivity contribution in [1.29, 1.82) is 0 Å². The molecule has 0 fully saturated rings. The van der Waals surface area contributed by atoms with Crippen molar-refractivity contribution >= 4 is 0 Å². The van der Waals surface area contributed by atoms with E-state index in [4.69, 9.17) is 0 Å². The molecule has 0 rings (SSSR count). The normalized spacial score (nSPS) is 15.2. The Morgan fingerprint density at radius 3 is 1.92 bits per heavy atom. The molecule has 0 bridgehead atoms. The van der Waals surface area contributed by atoms with Gasteiger partial charge in [-0.15, -0.1) is 0 Å². The van der Waals surface area contributed by atoms with Crippen molar-refractivity contribution in [3.63, 3.8) is 0 Å². The van der Waals surface area contributed by atoms with Crippen LogP contribution < -0.4 is 0 Å². The van der Waals surface area contributed by atoms with Crippen LogP contribution in [0.4, 0.5) is 0 Å². The molecular formula is C12H25. The van der Waals surface area contributed by atoms with E-state index < -0.39 is 0 Å². The second kappa shape index (κ2) is 4.89. The van der Waals surface area contributed by atoms with Gasteiger partial charge in [0, 0.05) is 0 Å². The zero-order valence-corrected chi connectivity index (χ0v) is 9.48. The number of hydrogen-bond acceptors (Lipinski definition) is 0. The maximum atomic E-state index is 4.14. The lowest BCUT2D eigenvalue weighted by Crippen LogP contribution is -2.11. The van der Waals surface area contributed by atoms with Crippen molar-refractivity contribution in [2.45, 2.75) is 53.9 Å². The zero-order chi connectivity index (χ0) is 9.78. The van der Waals surface area contributed by atoms with E-state index in [0.29, 0.717) is 0 Å². The fraction of sp³-hybridized carbons (Fsp3) is 0.917. The fourth-order valence-electron chi connectivity index (χ4n) is 1.66. The van der Waals surface area contributed by atoms with E-state index in [1.54, 1.807) is 0 Å². The van der Waals surface area contributed by atoms with Gasteiger partial charge >= 0.3 is 0 Å². The molecule has 73 valence electrons. The van der Waals surface area contributed by atoms with Gasteiger partial charge < -0.3 is 0 Å². The summed E-state index contributed by atoms with van der Waals surface area (Å²) in [6, 6.07) is 0. The number of rotatable bonds is 5. The van der Waals surface area contributed by atoms with E-state index >= 15 is 0 Å². The summed E-state index contributed by atoms with van der Waals surface area (Å²) in [5.41, 5.74) is 0.260. The third kappa shape index (κ3) is 8.10. The monoisotopic (exact) mass is 169 g/mol. The van der Waals surface area contributed by atoms with Crippen LogP contribution in [0.3, 0.4) is 0 Å². The first-order valence-electron chi connectivity index (χ1n) is 5.16. The lowest BCUT2D eigenvalue weighted by molar-refractivity contribution is 0.316. The molecule has 0 N–H and O–H groups in total. The van der Waals surface area contributed by atoms with Crippen molar-refractivity contribution in [1.82, 2.24) is 0 Å². The third-order valence-corrected chi connectivity index (χ3v) is 2.14. The van der Waals surface area contributed by atoms with E-state index in [2.05, 4.69) is 41.5 Å². The quantitative estimate of drug-likeness (QED) is 0.575. The first-order valence-corrected chi connectivity index (χ1v) is 5.16. The zero-order valence-electron chi connectivity index (χ0n) is 9.48. The van der Waals surface area contributed by atoms with Crippen molar-refractivity contribution in [3.05, 3.63) is 6.92 Å². The van der Waals surface area contributed by atoms with Crippen LogP contribution in [0.15, 0.2) is 0 Å². The minimum atomic E-state index is 0.260. The summed E-state index contributed by atoms with van der Waals surface area (Å²) in [5, 5.41) is 0. The van der Waals surface area contributed by atoms with Gasteiger partial charge in [-0.05, 0) is 30.6 Å². The van der Waals surface area contributed by atoms with E-state index in [-0.39, 0.29) is 5.41 Å². The van der Waals surface area contributed by atoms with Crippen molar-refractivity contribution in [3.8, 4) is 0 Å². The Morgan fingerprint density at radius 2 is 1.58 bits per heavy atom. The SMILES string of the molecule is [CH2]C(C)(C)CC(C)CCC(C)C. The maximum Gasteiger partial charge on any atom is -0.0351 e. The summed E-state index contributed by atoms with van der Waals surface area (Å²) in [6.45, 7) is 15.5. The summed E-state index contributed by atoms with van der Waals surface area (Å²) in [6.07, 6.45) is 3.97. The van der Waals surface area contributed by atoms with Gasteiger partial charge in [0.05, 0.1) is 0 Å². The highest BCUT2D eigenvalue weighted by Crippen LogP contribution is 2.27. The van der Waals surface area contributed by atoms with Crippen molar-refractivity contribution in [2.24, 2.45) is 17.3 Å². The fourth-order valence-corrected chi connectivity index (χ4v) is 1.66. The molecule has 0 aromatic carbocycles. The van der Waals surface area contributed by atoms with Gasteiger partial charge in [-0.2, -0.15) is 0 Å². The Labute approximate surface area is 78.8 Å². The summed E-state index contributed by atoms with van der Waals surface area (Å²) in [5.74, 6) is 1.68. The first kappa shape index (κ1) is 12.0. The van der Waals surface area contributed by atoms with E-state index in [1.807, 2.05) is 0 Å². The predicted octanol–water partition coefficient (Wildman–Crippen LogP) is 4.31. The lowest BCUT2D eigenvalue weighted by atomic mass is 9.83. The van der Waals surface area contributed by atoms with Gasteiger partial charge in [0.1, 0.15) is 0 Å². The molecule has 1 unspecified atom stereocenters. The van der Waals surface area contributed by atoms with Crippen LogP contribution in [0.2, 0.25) is 0 Å². The molecule has 0 aromatic heterocycles. The second-order valence-corrected chi connectivity index (χ2v) is 5.44. The van der Waals surface area contributed by atoms with Gasteiger partial charge in [-0.25, -0.2) is 0 Å². The van der Waals surface area contributed by atoms with Gasteiger partial charge in [0.15, 0.2) is 0 Å². The topological polar surface area (TPSA) is 0 Å². The van der Waals surface area contributed by atoms with Crippen molar-refractivity contribution < 1.29 is 0 Å². The summed E-state index contributed by atoms with van der Waals surface area (Å²) in [7, 11) is 0. The van der Waals surface area contributed by atoms with Crippen molar-refractivity contribution in [2.75, 3.05) is 0 Å². The van der Waals surface area contributed by atoms with Crippen LogP contribution in [0.1, 0.15) is 53.9 Å². The number of hydrogen-bond donors (Lipinski definition) is 0. The van der Waals surface area contributed by atoms with E-state index in [9.17, 15) is 0 Å². The minimum absolute atomic E-state index is 0.260. The Hall–Kier alpha value is 0. The van der Waals surface area contributed by atoms with Gasteiger partial charge in [-0.1, -0.05) is 47.5 Å². The Bertz CT molecular complexity index is 106. The van der Waals surface area contributed by atoms with E-state index in [0.717, 1.165) is 11.8 Å². The molecule has 0 heterocycles. The highest BCUT2D eigenvalue weighted by Gasteiger charge is 2.15. The standard InChI is InChI=1S/C12H25/c1-10(2)7-8-11(3)9-12(4,5)6/h10-11H,4,7-9H2,1-3,5-6H3. The van der Waals surface area contributed by atoms with Crippen LogP contribution in [-0.2, 0) is 0 Å². The van der Waals surface area contributed by atoms with Crippen LogP contribution in [0.5, 0.6) is 0 Å². The van der Waals surface area contributed by atoms with Gasteiger partial charge in [0.25, 0.3) is 0 Å². The molecule has 0 aliphatic carbocycles. The first-order chi connectivity index (χ1) is 5.31. The van der Waals surface area contributed by atoms with Crippen LogP contribution >= 0.6 is 0 Å². The molecule has 12 heavy (non-hydrogen) atoms. The van der Waals surface area contributed by atoms with E-state index in [1.165, 1.54) is 19.3 Å². The van der Waals surface area contributed by atoms with Crippen LogP contribution in [0, 0.1) is 24.2 Å². The predicted molar refractivity (Wildman–Crippen MR) is 57.0 cm³/mol. The van der Waals surface area contributed by atoms with Gasteiger partial charge in [0.2, 0.25) is 0 Å². The summed E-state index contributed by atoms with van der Waals surface area (Å²) in [4.78, 5) is 0. The second-order valence-electron chi connectivity index (χ2n) is 5.44. The smallest absolute Gasteiger partial charge is 0.0351 e. The molecular weight excluding hydrogens is 144 g/mol. The molecule has 0 nitrogen and oxygen atoms in total. The van der Waals surface area contributed by atoms with Gasteiger partial charge in [-0.3, -0.25) is 0 Å². The van der Waals surface area contributed by atoms with Crippen LogP contribution in [0.25, 0.3) is 0 Å². The third-order valence-electron chi connectivity index (χ3n) is 2.14. The molecule has 0 spiro atoms. The maximum absolute atomic E-state index is 4.14. The Balaban J connectivity index is 3.53. The van der Waals surface area contributed by atoms with Crippen LogP contribution in [-0.4, -0.2) is 0 Å². The molecule has 0 aromatic rings. The molecule has 0 aliphatic heterocycles.